The second-order valence-electron chi connectivity index (χ2n) is 3.86. The van der Waals surface area contributed by atoms with Gasteiger partial charge in [0.15, 0.2) is 5.82 Å². The number of hydrogen-bond donors (Lipinski definition) is 1. The van der Waals surface area contributed by atoms with Gasteiger partial charge in [0.1, 0.15) is 10.6 Å². The minimum atomic E-state index is 0.00204. The monoisotopic (exact) mass is 267 g/mol. The molecular formula is C11H13N3O3S. The van der Waals surface area contributed by atoms with Crippen molar-refractivity contribution in [1.82, 2.24) is 15.5 Å². The molecule has 0 bridgehead atoms. The molecule has 1 unspecified atom stereocenters. The third-order valence-electron chi connectivity index (χ3n) is 2.72. The van der Waals surface area contributed by atoms with Crippen LogP contribution in [-0.4, -0.2) is 37.0 Å². The van der Waals surface area contributed by atoms with Crippen LogP contribution in [0.3, 0.4) is 0 Å². The first-order valence-electron chi connectivity index (χ1n) is 5.65. The van der Waals surface area contributed by atoms with Crippen LogP contribution in [0.1, 0.15) is 11.9 Å². The van der Waals surface area contributed by atoms with Crippen molar-refractivity contribution in [2.45, 2.75) is 6.04 Å². The number of methoxy groups -OCH3 is 1. The lowest BCUT2D eigenvalue weighted by Gasteiger charge is -2.20. The third-order valence-corrected chi connectivity index (χ3v) is 3.60. The second kappa shape index (κ2) is 5.05. The minimum Gasteiger partial charge on any atom is -0.495 e. The molecule has 1 atom stereocenters. The Bertz CT molecular complexity index is 519. The highest BCUT2D eigenvalue weighted by Gasteiger charge is 2.22. The van der Waals surface area contributed by atoms with Crippen molar-refractivity contribution in [3.05, 3.63) is 17.3 Å². The summed E-state index contributed by atoms with van der Waals surface area (Å²) >= 11 is 1.51. The maximum atomic E-state index is 5.38. The molecule has 6 nitrogen and oxygen atoms in total. The van der Waals surface area contributed by atoms with Crippen LogP contribution in [0.4, 0.5) is 0 Å². The first-order valence-corrected chi connectivity index (χ1v) is 6.53. The van der Waals surface area contributed by atoms with E-state index in [-0.39, 0.29) is 6.04 Å². The van der Waals surface area contributed by atoms with Crippen molar-refractivity contribution in [2.75, 3.05) is 26.9 Å². The average molecular weight is 267 g/mol. The molecule has 2 aromatic heterocycles. The van der Waals surface area contributed by atoms with E-state index in [4.69, 9.17) is 14.0 Å². The zero-order valence-electron chi connectivity index (χ0n) is 9.88. The summed E-state index contributed by atoms with van der Waals surface area (Å²) in [5.74, 6) is 1.87. The van der Waals surface area contributed by atoms with E-state index >= 15 is 0 Å². The maximum absolute atomic E-state index is 5.38. The van der Waals surface area contributed by atoms with Gasteiger partial charge in [-0.05, 0) is 11.4 Å². The first kappa shape index (κ1) is 11.6. The van der Waals surface area contributed by atoms with Gasteiger partial charge in [-0.3, -0.25) is 0 Å². The molecule has 0 amide bonds. The van der Waals surface area contributed by atoms with E-state index in [1.165, 1.54) is 11.3 Å². The van der Waals surface area contributed by atoms with Crippen LogP contribution in [0.5, 0.6) is 5.75 Å². The SMILES string of the molecule is COc1ccsc1-c1nc(C2COCCN2)no1. The average Bonchev–Trinajstić information content (AvgIpc) is 3.08. The zero-order chi connectivity index (χ0) is 12.4. The molecule has 3 heterocycles. The summed E-state index contributed by atoms with van der Waals surface area (Å²) in [5, 5.41) is 9.21. The molecule has 1 aliphatic heterocycles. The molecular weight excluding hydrogens is 254 g/mol. The van der Waals surface area contributed by atoms with Gasteiger partial charge < -0.3 is 19.3 Å². The van der Waals surface area contributed by atoms with Gasteiger partial charge in [-0.25, -0.2) is 0 Å². The molecule has 1 N–H and O–H groups in total. The van der Waals surface area contributed by atoms with E-state index in [9.17, 15) is 0 Å². The molecule has 1 fully saturated rings. The lowest BCUT2D eigenvalue weighted by Crippen LogP contribution is -2.35. The first-order chi connectivity index (χ1) is 8.88. The van der Waals surface area contributed by atoms with Crippen LogP contribution in [0, 0.1) is 0 Å². The van der Waals surface area contributed by atoms with Gasteiger partial charge in [-0.2, -0.15) is 4.98 Å². The Hall–Kier alpha value is -1.44. The third kappa shape index (κ3) is 2.12. The summed E-state index contributed by atoms with van der Waals surface area (Å²) in [6.07, 6.45) is 0. The van der Waals surface area contributed by atoms with Crippen LogP contribution in [0.15, 0.2) is 16.0 Å². The largest absolute Gasteiger partial charge is 0.495 e. The van der Waals surface area contributed by atoms with Gasteiger partial charge in [-0.15, -0.1) is 11.3 Å². The van der Waals surface area contributed by atoms with Crippen molar-refractivity contribution in [2.24, 2.45) is 0 Å². The highest BCUT2D eigenvalue weighted by atomic mass is 32.1. The summed E-state index contributed by atoms with van der Waals surface area (Å²) in [6.45, 7) is 2.09. The Labute approximate surface area is 108 Å². The van der Waals surface area contributed by atoms with Crippen LogP contribution < -0.4 is 10.1 Å². The molecule has 3 rings (SSSR count). The van der Waals surface area contributed by atoms with Crippen molar-refractivity contribution in [3.63, 3.8) is 0 Å². The predicted molar refractivity (Wildman–Crippen MR) is 65.7 cm³/mol. The zero-order valence-corrected chi connectivity index (χ0v) is 10.7. The second-order valence-corrected chi connectivity index (χ2v) is 4.77. The Morgan fingerprint density at radius 1 is 1.56 bits per heavy atom. The molecule has 0 spiro atoms. The fourth-order valence-corrected chi connectivity index (χ4v) is 2.59. The van der Waals surface area contributed by atoms with Gasteiger partial charge in [0.25, 0.3) is 5.89 Å². The lowest BCUT2D eigenvalue weighted by molar-refractivity contribution is 0.0734. The highest BCUT2D eigenvalue weighted by Crippen LogP contribution is 2.34. The maximum Gasteiger partial charge on any atom is 0.271 e. The number of ether oxygens (including phenoxy) is 2. The quantitative estimate of drug-likeness (QED) is 0.908. The normalized spacial score (nSPS) is 19.9. The summed E-state index contributed by atoms with van der Waals surface area (Å²) in [7, 11) is 1.62. The Morgan fingerprint density at radius 2 is 2.50 bits per heavy atom. The fourth-order valence-electron chi connectivity index (χ4n) is 1.81. The molecule has 0 saturated carbocycles. The van der Waals surface area contributed by atoms with E-state index < -0.39 is 0 Å². The number of morpholine rings is 1. The standard InChI is InChI=1S/C11H13N3O3S/c1-15-8-2-5-18-9(8)11-13-10(14-17-11)7-6-16-4-3-12-7/h2,5,7,12H,3-4,6H2,1H3. The van der Waals surface area contributed by atoms with E-state index in [1.807, 2.05) is 11.4 Å². The van der Waals surface area contributed by atoms with Crippen molar-refractivity contribution in [3.8, 4) is 16.5 Å². The highest BCUT2D eigenvalue weighted by molar-refractivity contribution is 7.13. The Balaban J connectivity index is 1.84. The van der Waals surface area contributed by atoms with Gasteiger partial charge in [0.05, 0.1) is 26.4 Å². The molecule has 2 aromatic rings. The molecule has 96 valence electrons. The fraction of sp³-hybridized carbons (Fsp3) is 0.455. The minimum absolute atomic E-state index is 0.00204. The topological polar surface area (TPSA) is 69.4 Å². The van der Waals surface area contributed by atoms with Gasteiger partial charge in [0, 0.05) is 6.54 Å². The van der Waals surface area contributed by atoms with E-state index in [1.54, 1.807) is 7.11 Å². The van der Waals surface area contributed by atoms with Crippen molar-refractivity contribution >= 4 is 11.3 Å². The number of nitrogens with one attached hydrogen (secondary N) is 1. The van der Waals surface area contributed by atoms with E-state index in [0.29, 0.717) is 18.3 Å². The summed E-state index contributed by atoms with van der Waals surface area (Å²) in [5.41, 5.74) is 0. The van der Waals surface area contributed by atoms with E-state index in [0.717, 1.165) is 23.8 Å². The number of hydrogen-bond acceptors (Lipinski definition) is 7. The number of thiophene rings is 1. The van der Waals surface area contributed by atoms with E-state index in [2.05, 4.69) is 15.5 Å². The Morgan fingerprint density at radius 3 is 3.28 bits per heavy atom. The Kier molecular flexibility index (Phi) is 3.26. The molecule has 7 heteroatoms. The molecule has 18 heavy (non-hydrogen) atoms. The predicted octanol–water partition coefficient (Wildman–Crippen LogP) is 1.47. The van der Waals surface area contributed by atoms with Crippen molar-refractivity contribution in [1.29, 1.82) is 0 Å². The number of rotatable bonds is 3. The number of aromatic nitrogens is 2. The smallest absolute Gasteiger partial charge is 0.271 e. The summed E-state index contributed by atoms with van der Waals surface area (Å²) in [4.78, 5) is 5.25. The molecule has 1 saturated heterocycles. The van der Waals surface area contributed by atoms with Gasteiger partial charge in [-0.1, -0.05) is 5.16 Å². The van der Waals surface area contributed by atoms with Crippen LogP contribution in [0.25, 0.3) is 10.8 Å². The van der Waals surface area contributed by atoms with Crippen LogP contribution in [0.2, 0.25) is 0 Å². The molecule has 0 aliphatic carbocycles. The molecule has 0 aromatic carbocycles. The lowest BCUT2D eigenvalue weighted by atomic mass is 10.2. The summed E-state index contributed by atoms with van der Waals surface area (Å²) < 4.78 is 15.9. The molecule has 1 aliphatic rings. The van der Waals surface area contributed by atoms with Gasteiger partial charge in [0.2, 0.25) is 0 Å². The van der Waals surface area contributed by atoms with Crippen molar-refractivity contribution < 1.29 is 14.0 Å². The number of nitrogens with zero attached hydrogens (tertiary/aromatic N) is 2. The van der Waals surface area contributed by atoms with Gasteiger partial charge >= 0.3 is 0 Å². The van der Waals surface area contributed by atoms with Crippen LogP contribution >= 0.6 is 11.3 Å². The summed E-state index contributed by atoms with van der Waals surface area (Å²) in [6, 6.07) is 1.88. The molecule has 0 radical (unpaired) electrons. The van der Waals surface area contributed by atoms with Crippen LogP contribution in [-0.2, 0) is 4.74 Å².